The van der Waals surface area contributed by atoms with Crippen LogP contribution in [0.3, 0.4) is 0 Å². The smallest absolute Gasteiger partial charge is 0.407 e. The molecule has 0 bridgehead atoms. The van der Waals surface area contributed by atoms with Crippen LogP contribution in [0.25, 0.3) is 0 Å². The van der Waals surface area contributed by atoms with Crippen molar-refractivity contribution in [3.8, 4) is 0 Å². The first kappa shape index (κ1) is 51.8. The molecule has 2 fully saturated rings. The van der Waals surface area contributed by atoms with Crippen molar-refractivity contribution in [1.29, 1.82) is 0 Å². The zero-order valence-corrected chi connectivity index (χ0v) is 35.2. The van der Waals surface area contributed by atoms with Crippen LogP contribution in [0.2, 0.25) is 0 Å². The predicted molar refractivity (Wildman–Crippen MR) is 212 cm³/mol. The first-order valence-corrected chi connectivity index (χ1v) is 20.0. The molecular weight excluding hydrogens is 800 g/mol. The molecule has 0 aliphatic carbocycles. The zero-order valence-electron chi connectivity index (χ0n) is 35.2. The Balaban J connectivity index is 2.54. The van der Waals surface area contributed by atoms with E-state index >= 15 is 0 Å². The molecule has 2 aliphatic rings. The third-order valence-corrected chi connectivity index (χ3v) is 10.7. The fourth-order valence-electron chi connectivity index (χ4n) is 7.24. The SMILES string of the molecule is COCCOCCN1CCN(C(=O)O)CCN(C(C(=O)O)C(C(=O)O)N2CCN(C(=O)O)CCN(CCOCCOC)CCN(C(=O)O)CC2C)C(C)CN(C(=O)O)CC1. The van der Waals surface area contributed by atoms with Gasteiger partial charge in [-0.1, -0.05) is 0 Å². The van der Waals surface area contributed by atoms with Crippen LogP contribution in [0.1, 0.15) is 13.8 Å². The minimum absolute atomic E-state index is 0.0414. The van der Waals surface area contributed by atoms with Crippen molar-refractivity contribution in [2.45, 2.75) is 38.0 Å². The van der Waals surface area contributed by atoms with Crippen LogP contribution >= 0.6 is 0 Å². The van der Waals surface area contributed by atoms with E-state index in [0.29, 0.717) is 39.5 Å². The Morgan fingerprint density at radius 1 is 0.450 bits per heavy atom. The third kappa shape index (κ3) is 17.7. The Morgan fingerprint density at radius 3 is 1.03 bits per heavy atom. The Kier molecular flexibility index (Phi) is 23.8. The van der Waals surface area contributed by atoms with Gasteiger partial charge in [-0.25, -0.2) is 19.2 Å². The number of methoxy groups -OCH3 is 2. The second-order valence-corrected chi connectivity index (χ2v) is 14.6. The molecule has 2 rings (SSSR count). The van der Waals surface area contributed by atoms with Crippen molar-refractivity contribution < 1.29 is 78.4 Å². The molecule has 0 aromatic carbocycles. The lowest BCUT2D eigenvalue weighted by molar-refractivity contribution is -0.160. The molecule has 6 N–H and O–H groups in total. The van der Waals surface area contributed by atoms with E-state index in [1.165, 1.54) is 37.9 Å². The molecule has 2 aliphatic heterocycles. The van der Waals surface area contributed by atoms with E-state index < -0.39 is 60.5 Å². The van der Waals surface area contributed by atoms with E-state index in [1.807, 2.05) is 9.80 Å². The van der Waals surface area contributed by atoms with Crippen LogP contribution in [0.5, 0.6) is 0 Å². The highest BCUT2D eigenvalue weighted by Gasteiger charge is 2.46. The van der Waals surface area contributed by atoms with Crippen LogP contribution in [-0.2, 0) is 28.5 Å². The van der Waals surface area contributed by atoms with Gasteiger partial charge in [-0.15, -0.1) is 0 Å². The van der Waals surface area contributed by atoms with Gasteiger partial charge in [-0.05, 0) is 13.8 Å². The number of amides is 4. The zero-order chi connectivity index (χ0) is 44.8. The average Bonchev–Trinajstić information content (AvgIpc) is 3.17. The number of carbonyl (C=O) groups is 6. The Bertz CT molecular complexity index is 1250. The summed E-state index contributed by atoms with van der Waals surface area (Å²) in [6, 6.07) is -5.84. The van der Waals surface area contributed by atoms with Crippen molar-refractivity contribution in [3.63, 3.8) is 0 Å². The Hall–Kier alpha value is -4.30. The molecule has 24 heteroatoms. The molecule has 0 aromatic heterocycles. The second kappa shape index (κ2) is 27.5. The maximum atomic E-state index is 13.4. The number of rotatable bonds is 17. The molecular formula is C36H66N8O16. The highest BCUT2D eigenvalue weighted by Crippen LogP contribution is 2.21. The summed E-state index contributed by atoms with van der Waals surface area (Å²) in [7, 11) is 3.07. The van der Waals surface area contributed by atoms with Gasteiger partial charge >= 0.3 is 36.3 Å². The Labute approximate surface area is 350 Å². The normalized spacial score (nSPS) is 21.8. The second-order valence-electron chi connectivity index (χ2n) is 14.6. The lowest BCUT2D eigenvalue weighted by atomic mass is 9.99. The molecule has 4 unspecified atom stereocenters. The standard InChI is InChI=1S/C36H66N8O16/c1-27-25-41(35(53)54)11-7-37(17-19-59-23-21-57-3)5-9-39(33(49)50)13-15-43(27)29(31(45)46)30(32(47)48)44-16-14-40(34(51)52)10-6-38(18-20-60-24-22-58-4)8-12-42(36(55)56)26-28(44)2/h27-30H,5-26H2,1-4H3,(H,45,46)(H,47,48)(H,49,50)(H,51,52)(H,53,54)(H,55,56). The van der Waals surface area contributed by atoms with Crippen molar-refractivity contribution in [2.75, 3.05) is 159 Å². The number of hydrogen-bond donors (Lipinski definition) is 6. The lowest BCUT2D eigenvalue weighted by Gasteiger charge is -2.45. The number of aliphatic carboxylic acids is 2. The van der Waals surface area contributed by atoms with E-state index in [9.17, 15) is 59.4 Å². The van der Waals surface area contributed by atoms with E-state index in [0.717, 1.165) is 19.6 Å². The first-order chi connectivity index (χ1) is 28.5. The van der Waals surface area contributed by atoms with Gasteiger partial charge in [0.2, 0.25) is 0 Å². The molecule has 0 spiro atoms. The van der Waals surface area contributed by atoms with Gasteiger partial charge in [0, 0.05) is 131 Å². The first-order valence-electron chi connectivity index (χ1n) is 20.0. The van der Waals surface area contributed by atoms with E-state index in [1.54, 1.807) is 0 Å². The summed E-state index contributed by atoms with van der Waals surface area (Å²) in [6.07, 6.45) is -5.22. The lowest BCUT2D eigenvalue weighted by Crippen LogP contribution is -2.66. The average molecular weight is 867 g/mol. The summed E-state index contributed by atoms with van der Waals surface area (Å²) < 4.78 is 21.1. The third-order valence-electron chi connectivity index (χ3n) is 10.7. The van der Waals surface area contributed by atoms with Gasteiger partial charge in [-0.3, -0.25) is 29.2 Å². The van der Waals surface area contributed by atoms with Crippen molar-refractivity contribution >= 4 is 36.3 Å². The number of carboxylic acids is 2. The maximum Gasteiger partial charge on any atom is 0.407 e. The van der Waals surface area contributed by atoms with Gasteiger partial charge in [0.1, 0.15) is 12.1 Å². The molecule has 0 saturated carbocycles. The molecule has 4 atom stereocenters. The van der Waals surface area contributed by atoms with Gasteiger partial charge in [0.25, 0.3) is 0 Å². The van der Waals surface area contributed by atoms with E-state index in [4.69, 9.17) is 18.9 Å². The summed E-state index contributed by atoms with van der Waals surface area (Å²) in [4.78, 5) is 87.4. The summed E-state index contributed by atoms with van der Waals surface area (Å²) in [5.74, 6) is -3.23. The molecule has 0 radical (unpaired) electrons. The van der Waals surface area contributed by atoms with Gasteiger partial charge in [0.05, 0.1) is 39.6 Å². The number of ether oxygens (including phenoxy) is 4. The summed E-state index contributed by atoms with van der Waals surface area (Å²) >= 11 is 0. The van der Waals surface area contributed by atoms with Gasteiger partial charge in [0.15, 0.2) is 0 Å². The molecule has 24 nitrogen and oxygen atoms in total. The highest BCUT2D eigenvalue weighted by molar-refractivity contribution is 5.85. The fourth-order valence-corrected chi connectivity index (χ4v) is 7.24. The minimum atomic E-state index is -1.94. The van der Waals surface area contributed by atoms with Gasteiger partial charge in [-0.2, -0.15) is 0 Å². The van der Waals surface area contributed by atoms with Crippen LogP contribution in [-0.4, -0.2) is 289 Å². The monoisotopic (exact) mass is 866 g/mol. The summed E-state index contributed by atoms with van der Waals surface area (Å²) in [5, 5.41) is 62.5. The molecule has 2 heterocycles. The van der Waals surface area contributed by atoms with Crippen molar-refractivity contribution in [1.82, 2.24) is 39.2 Å². The van der Waals surface area contributed by atoms with E-state index in [2.05, 4.69) is 0 Å². The maximum absolute atomic E-state index is 13.4. The summed E-state index contributed by atoms with van der Waals surface area (Å²) in [5.41, 5.74) is 0. The number of carboxylic acid groups (broad SMARTS) is 6. The molecule has 346 valence electrons. The minimum Gasteiger partial charge on any atom is -0.480 e. The van der Waals surface area contributed by atoms with Crippen molar-refractivity contribution in [3.05, 3.63) is 0 Å². The van der Waals surface area contributed by atoms with Gasteiger partial charge < -0.3 is 69.2 Å². The van der Waals surface area contributed by atoms with Crippen LogP contribution < -0.4 is 0 Å². The number of hydrogen-bond acceptors (Lipinski definition) is 14. The predicted octanol–water partition coefficient (Wildman–Crippen LogP) is -0.849. The molecule has 4 amide bonds. The molecule has 0 aromatic rings. The highest BCUT2D eigenvalue weighted by atomic mass is 16.5. The summed E-state index contributed by atoms with van der Waals surface area (Å²) in [6.45, 7) is 4.57. The number of nitrogens with zero attached hydrogens (tertiary/aromatic N) is 8. The molecule has 60 heavy (non-hydrogen) atoms. The quantitative estimate of drug-likeness (QED) is 0.0971. The van der Waals surface area contributed by atoms with E-state index in [-0.39, 0.29) is 105 Å². The molecule has 2 saturated heterocycles. The van der Waals surface area contributed by atoms with Crippen LogP contribution in [0, 0.1) is 0 Å². The van der Waals surface area contributed by atoms with Crippen molar-refractivity contribution in [2.24, 2.45) is 0 Å². The largest absolute Gasteiger partial charge is 0.480 e. The topological polar surface area (TPSA) is 287 Å². The van der Waals surface area contributed by atoms with Crippen LogP contribution in [0.4, 0.5) is 19.2 Å². The van der Waals surface area contributed by atoms with Crippen LogP contribution in [0.15, 0.2) is 0 Å². The Morgan fingerprint density at radius 2 is 0.750 bits per heavy atom. The fraction of sp³-hybridized carbons (Fsp3) is 0.833.